The van der Waals surface area contributed by atoms with Crippen molar-refractivity contribution in [2.45, 2.75) is 6.42 Å². The van der Waals surface area contributed by atoms with E-state index in [-0.39, 0.29) is 5.95 Å². The van der Waals surface area contributed by atoms with Gasteiger partial charge >= 0.3 is 0 Å². The summed E-state index contributed by atoms with van der Waals surface area (Å²) in [7, 11) is 1.97. The molecule has 7 nitrogen and oxygen atoms in total. The van der Waals surface area contributed by atoms with E-state index in [0.717, 1.165) is 29.9 Å². The molecular weight excluding hydrogens is 254 g/mol. The third kappa shape index (κ3) is 2.37. The molecule has 0 aliphatic heterocycles. The summed E-state index contributed by atoms with van der Waals surface area (Å²) < 4.78 is 0. The number of H-pyrrole nitrogens is 1. The fourth-order valence-corrected chi connectivity index (χ4v) is 2.06. The van der Waals surface area contributed by atoms with Gasteiger partial charge in [0.2, 0.25) is 5.95 Å². The molecular formula is C13H15N7. The summed E-state index contributed by atoms with van der Waals surface area (Å²) in [5.74, 6) is 1.01. The van der Waals surface area contributed by atoms with Gasteiger partial charge in [0.1, 0.15) is 5.82 Å². The maximum absolute atomic E-state index is 5.72. The van der Waals surface area contributed by atoms with E-state index in [9.17, 15) is 0 Å². The highest BCUT2D eigenvalue weighted by Gasteiger charge is 2.12. The van der Waals surface area contributed by atoms with Crippen molar-refractivity contribution >= 4 is 22.8 Å². The smallest absolute Gasteiger partial charge is 0.224 e. The van der Waals surface area contributed by atoms with Gasteiger partial charge in [-0.25, -0.2) is 0 Å². The van der Waals surface area contributed by atoms with E-state index in [2.05, 4.69) is 25.1 Å². The van der Waals surface area contributed by atoms with E-state index in [1.165, 1.54) is 0 Å². The summed E-state index contributed by atoms with van der Waals surface area (Å²) in [5.41, 5.74) is 7.42. The molecule has 102 valence electrons. The molecule has 3 aromatic rings. The second-order valence-electron chi connectivity index (χ2n) is 4.53. The number of nitrogen functional groups attached to an aromatic ring is 1. The first kappa shape index (κ1) is 12.3. The fraction of sp³-hybridized carbons (Fsp3) is 0.231. The summed E-state index contributed by atoms with van der Waals surface area (Å²) in [4.78, 5) is 14.7. The van der Waals surface area contributed by atoms with Crippen molar-refractivity contribution in [1.29, 1.82) is 0 Å². The van der Waals surface area contributed by atoms with Crippen molar-refractivity contribution in [3.8, 4) is 0 Å². The number of nitrogens with two attached hydrogens (primary N) is 1. The molecule has 0 fully saturated rings. The molecule has 0 amide bonds. The van der Waals surface area contributed by atoms with E-state index in [4.69, 9.17) is 5.73 Å². The van der Waals surface area contributed by atoms with E-state index >= 15 is 0 Å². The van der Waals surface area contributed by atoms with Crippen LogP contribution in [0.15, 0.2) is 30.6 Å². The summed E-state index contributed by atoms with van der Waals surface area (Å²) >= 11 is 0. The largest absolute Gasteiger partial charge is 0.368 e. The van der Waals surface area contributed by atoms with Crippen LogP contribution in [0, 0.1) is 0 Å². The van der Waals surface area contributed by atoms with Crippen LogP contribution in [0.25, 0.3) is 11.0 Å². The number of hydrogen-bond donors (Lipinski definition) is 2. The third-order valence-electron chi connectivity index (χ3n) is 3.10. The molecule has 0 unspecified atom stereocenters. The number of aromatic amines is 1. The molecule has 3 rings (SSSR count). The Bertz CT molecular complexity index is 707. The first-order chi connectivity index (χ1) is 9.74. The topological polar surface area (TPSA) is 96.6 Å². The Balaban J connectivity index is 1.82. The third-order valence-corrected chi connectivity index (χ3v) is 3.10. The Labute approximate surface area is 115 Å². The minimum atomic E-state index is 0.237. The number of pyridine rings is 1. The second-order valence-corrected chi connectivity index (χ2v) is 4.53. The van der Waals surface area contributed by atoms with Crippen molar-refractivity contribution in [3.63, 3.8) is 0 Å². The van der Waals surface area contributed by atoms with Crippen molar-refractivity contribution in [2.75, 3.05) is 24.2 Å². The second kappa shape index (κ2) is 5.12. The van der Waals surface area contributed by atoms with Crippen molar-refractivity contribution < 1.29 is 0 Å². The minimum absolute atomic E-state index is 0.237. The van der Waals surface area contributed by atoms with Crippen LogP contribution < -0.4 is 10.6 Å². The number of rotatable bonds is 4. The van der Waals surface area contributed by atoms with E-state index < -0.39 is 0 Å². The Morgan fingerprint density at radius 1 is 1.30 bits per heavy atom. The van der Waals surface area contributed by atoms with E-state index in [0.29, 0.717) is 5.65 Å². The Kier molecular flexibility index (Phi) is 3.16. The molecule has 20 heavy (non-hydrogen) atoms. The van der Waals surface area contributed by atoms with Crippen molar-refractivity contribution in [3.05, 3.63) is 36.3 Å². The zero-order valence-corrected chi connectivity index (χ0v) is 11.1. The molecule has 0 saturated carbocycles. The monoisotopic (exact) mass is 269 g/mol. The van der Waals surface area contributed by atoms with Crippen LogP contribution >= 0.6 is 0 Å². The average molecular weight is 269 g/mol. The first-order valence-electron chi connectivity index (χ1n) is 6.31. The van der Waals surface area contributed by atoms with Crippen LogP contribution in [0.5, 0.6) is 0 Å². The summed E-state index contributed by atoms with van der Waals surface area (Å²) in [6, 6.07) is 5.91. The molecule has 0 aliphatic carbocycles. The fourth-order valence-electron chi connectivity index (χ4n) is 2.06. The van der Waals surface area contributed by atoms with Gasteiger partial charge in [0, 0.05) is 31.9 Å². The van der Waals surface area contributed by atoms with Crippen LogP contribution in [-0.2, 0) is 6.42 Å². The zero-order chi connectivity index (χ0) is 13.9. The van der Waals surface area contributed by atoms with E-state index in [1.54, 1.807) is 12.4 Å². The van der Waals surface area contributed by atoms with Crippen LogP contribution in [0.2, 0.25) is 0 Å². The molecule has 0 aliphatic rings. The zero-order valence-electron chi connectivity index (χ0n) is 11.1. The van der Waals surface area contributed by atoms with Gasteiger partial charge in [0.05, 0.1) is 11.6 Å². The highest BCUT2D eigenvalue weighted by molar-refractivity contribution is 5.87. The SMILES string of the molecule is CN(CCc1ccccn1)c1nc(N)nc2[nH]ncc12. The summed E-state index contributed by atoms with van der Waals surface area (Å²) in [6.07, 6.45) is 4.34. The van der Waals surface area contributed by atoms with Gasteiger partial charge in [0.15, 0.2) is 5.65 Å². The van der Waals surface area contributed by atoms with Crippen LogP contribution in [0.3, 0.4) is 0 Å². The van der Waals surface area contributed by atoms with Gasteiger partial charge in [-0.1, -0.05) is 6.07 Å². The lowest BCUT2D eigenvalue weighted by Crippen LogP contribution is -2.22. The maximum atomic E-state index is 5.72. The number of aromatic nitrogens is 5. The lowest BCUT2D eigenvalue weighted by Gasteiger charge is -2.18. The Hall–Kier alpha value is -2.70. The van der Waals surface area contributed by atoms with Gasteiger partial charge in [-0.2, -0.15) is 15.1 Å². The van der Waals surface area contributed by atoms with Crippen molar-refractivity contribution in [1.82, 2.24) is 25.1 Å². The van der Waals surface area contributed by atoms with Crippen LogP contribution in [0.1, 0.15) is 5.69 Å². The van der Waals surface area contributed by atoms with E-state index in [1.807, 2.05) is 30.1 Å². The van der Waals surface area contributed by atoms with Crippen molar-refractivity contribution in [2.24, 2.45) is 0 Å². The number of nitrogens with one attached hydrogen (secondary N) is 1. The lowest BCUT2D eigenvalue weighted by atomic mass is 10.2. The number of hydrogen-bond acceptors (Lipinski definition) is 6. The van der Waals surface area contributed by atoms with Crippen LogP contribution in [-0.4, -0.2) is 38.7 Å². The molecule has 0 aromatic carbocycles. The predicted molar refractivity (Wildman–Crippen MR) is 77.3 cm³/mol. The molecule has 0 saturated heterocycles. The predicted octanol–water partition coefficient (Wildman–Crippen LogP) is 1.01. The highest BCUT2D eigenvalue weighted by atomic mass is 15.2. The average Bonchev–Trinajstić information content (AvgIpc) is 2.93. The normalized spacial score (nSPS) is 10.8. The number of nitrogens with zero attached hydrogens (tertiary/aromatic N) is 5. The van der Waals surface area contributed by atoms with Gasteiger partial charge < -0.3 is 10.6 Å². The molecule has 0 atom stereocenters. The molecule has 3 heterocycles. The standard InChI is InChI=1S/C13H15N7/c1-20(7-5-9-4-2-3-6-15-9)12-10-8-16-19-11(10)17-13(14)18-12/h2-4,6,8H,5,7H2,1H3,(H3,14,16,17,18,19). The lowest BCUT2D eigenvalue weighted by molar-refractivity contribution is 0.842. The minimum Gasteiger partial charge on any atom is -0.368 e. The Morgan fingerprint density at radius 2 is 2.20 bits per heavy atom. The Morgan fingerprint density at radius 3 is 3.00 bits per heavy atom. The maximum Gasteiger partial charge on any atom is 0.224 e. The van der Waals surface area contributed by atoms with Gasteiger partial charge in [-0.05, 0) is 12.1 Å². The highest BCUT2D eigenvalue weighted by Crippen LogP contribution is 2.21. The molecule has 0 bridgehead atoms. The van der Waals surface area contributed by atoms with Gasteiger partial charge in [-0.15, -0.1) is 0 Å². The molecule has 3 aromatic heterocycles. The summed E-state index contributed by atoms with van der Waals surface area (Å²) in [6.45, 7) is 0.785. The number of likely N-dealkylation sites (N-methyl/N-ethyl adjacent to an activating group) is 1. The number of anilines is 2. The summed E-state index contributed by atoms with van der Waals surface area (Å²) in [5, 5.41) is 7.65. The molecule has 0 radical (unpaired) electrons. The van der Waals surface area contributed by atoms with Crippen LogP contribution in [0.4, 0.5) is 11.8 Å². The van der Waals surface area contributed by atoms with Gasteiger partial charge in [0.25, 0.3) is 0 Å². The molecule has 0 spiro atoms. The number of fused-ring (bicyclic) bond motifs is 1. The quantitative estimate of drug-likeness (QED) is 0.733. The first-order valence-corrected chi connectivity index (χ1v) is 6.31. The van der Waals surface area contributed by atoms with Gasteiger partial charge in [-0.3, -0.25) is 10.1 Å². The molecule has 3 N–H and O–H groups in total. The molecule has 7 heteroatoms.